The number of amides is 1. The molecule has 1 saturated heterocycles. The molecule has 104 valence electrons. The zero-order valence-electron chi connectivity index (χ0n) is 11.3. The summed E-state index contributed by atoms with van der Waals surface area (Å²) in [5.74, 6) is 0.587. The maximum atomic E-state index is 12.4. The molecule has 0 aromatic carbocycles. The highest BCUT2D eigenvalue weighted by Gasteiger charge is 2.36. The molecule has 6 nitrogen and oxygen atoms in total. The molecule has 6 heteroatoms. The minimum atomic E-state index is -0.503. The van der Waals surface area contributed by atoms with Crippen molar-refractivity contribution in [2.75, 3.05) is 11.9 Å². The van der Waals surface area contributed by atoms with Crippen LogP contribution in [0.5, 0.6) is 0 Å². The third-order valence-corrected chi connectivity index (χ3v) is 3.63. The van der Waals surface area contributed by atoms with E-state index in [1.165, 1.54) is 0 Å². The second kappa shape index (κ2) is 5.05. The fraction of sp³-hybridized carbons (Fsp3) is 0.357. The van der Waals surface area contributed by atoms with Gasteiger partial charge in [-0.05, 0) is 44.5 Å². The van der Waals surface area contributed by atoms with Crippen molar-refractivity contribution in [1.82, 2.24) is 20.1 Å². The largest absolute Gasteiger partial charge is 0.321 e. The molecule has 1 fully saturated rings. The molecule has 2 N–H and O–H groups in total. The van der Waals surface area contributed by atoms with E-state index in [1.54, 1.807) is 29.3 Å². The van der Waals surface area contributed by atoms with Crippen LogP contribution in [0.1, 0.15) is 19.8 Å². The van der Waals surface area contributed by atoms with Crippen molar-refractivity contribution >= 4 is 11.6 Å². The van der Waals surface area contributed by atoms with E-state index in [0.717, 1.165) is 19.4 Å². The summed E-state index contributed by atoms with van der Waals surface area (Å²) in [7, 11) is 0. The molecule has 1 unspecified atom stereocenters. The van der Waals surface area contributed by atoms with Crippen molar-refractivity contribution in [3.05, 3.63) is 36.8 Å². The molecule has 0 aliphatic carbocycles. The highest BCUT2D eigenvalue weighted by molar-refractivity contribution is 5.99. The van der Waals surface area contributed by atoms with Crippen molar-refractivity contribution < 1.29 is 4.79 Å². The van der Waals surface area contributed by atoms with Gasteiger partial charge in [0.05, 0.1) is 11.2 Å². The summed E-state index contributed by atoms with van der Waals surface area (Å²) in [6, 6.07) is 5.45. The molecule has 0 radical (unpaired) electrons. The van der Waals surface area contributed by atoms with Crippen LogP contribution in [0, 0.1) is 0 Å². The van der Waals surface area contributed by atoms with Gasteiger partial charge in [0.1, 0.15) is 0 Å². The number of nitrogens with zero attached hydrogens (tertiary/aromatic N) is 3. The van der Waals surface area contributed by atoms with Gasteiger partial charge in [0, 0.05) is 18.6 Å². The molecule has 20 heavy (non-hydrogen) atoms. The SMILES string of the molecule is CC1(C(=O)Nc2cccnc2-n2cccn2)CCCN1. The highest BCUT2D eigenvalue weighted by atomic mass is 16.2. The number of aromatic nitrogens is 3. The number of rotatable bonds is 3. The topological polar surface area (TPSA) is 71.8 Å². The average Bonchev–Trinajstić information content (AvgIpc) is 3.11. The van der Waals surface area contributed by atoms with Crippen LogP contribution in [-0.4, -0.2) is 32.8 Å². The van der Waals surface area contributed by atoms with E-state index in [9.17, 15) is 4.79 Å². The zero-order chi connectivity index (χ0) is 14.0. The van der Waals surface area contributed by atoms with Gasteiger partial charge in [-0.3, -0.25) is 4.79 Å². The van der Waals surface area contributed by atoms with Gasteiger partial charge in [0.2, 0.25) is 5.91 Å². The standard InChI is InChI=1S/C14H17N5O/c1-14(6-3-8-16-14)13(20)18-11-5-2-7-15-12(11)19-10-4-9-17-19/h2,4-5,7,9-10,16H,3,6,8H2,1H3,(H,18,20). The third kappa shape index (κ3) is 2.30. The first kappa shape index (κ1) is 12.8. The third-order valence-electron chi connectivity index (χ3n) is 3.63. The van der Waals surface area contributed by atoms with Crippen LogP contribution in [0.15, 0.2) is 36.8 Å². The van der Waals surface area contributed by atoms with E-state index in [2.05, 4.69) is 20.7 Å². The number of pyridine rings is 1. The van der Waals surface area contributed by atoms with E-state index in [-0.39, 0.29) is 5.91 Å². The summed E-state index contributed by atoms with van der Waals surface area (Å²) < 4.78 is 1.64. The van der Waals surface area contributed by atoms with Gasteiger partial charge in [0.25, 0.3) is 0 Å². The molecule has 3 rings (SSSR count). The van der Waals surface area contributed by atoms with E-state index in [1.807, 2.05) is 19.1 Å². The molecule has 0 bridgehead atoms. The molecular weight excluding hydrogens is 254 g/mol. The smallest absolute Gasteiger partial charge is 0.244 e. The van der Waals surface area contributed by atoms with Gasteiger partial charge >= 0.3 is 0 Å². The Kier molecular flexibility index (Phi) is 3.23. The lowest BCUT2D eigenvalue weighted by molar-refractivity contribution is -0.121. The number of hydrogen-bond donors (Lipinski definition) is 2. The van der Waals surface area contributed by atoms with Gasteiger partial charge in [-0.25, -0.2) is 9.67 Å². The van der Waals surface area contributed by atoms with Crippen molar-refractivity contribution in [3.8, 4) is 5.82 Å². The van der Waals surface area contributed by atoms with Gasteiger partial charge < -0.3 is 10.6 Å². The summed E-state index contributed by atoms with van der Waals surface area (Å²) in [5, 5.41) is 10.4. The Morgan fingerprint density at radius 2 is 2.35 bits per heavy atom. The minimum absolute atomic E-state index is 0.0311. The first-order valence-corrected chi connectivity index (χ1v) is 6.71. The quantitative estimate of drug-likeness (QED) is 0.884. The van der Waals surface area contributed by atoms with Crippen LogP contribution in [-0.2, 0) is 4.79 Å². The second-order valence-electron chi connectivity index (χ2n) is 5.14. The maximum absolute atomic E-state index is 12.4. The van der Waals surface area contributed by atoms with E-state index < -0.39 is 5.54 Å². The Morgan fingerprint density at radius 3 is 3.05 bits per heavy atom. The molecule has 0 saturated carbocycles. The molecule has 2 aromatic rings. The lowest BCUT2D eigenvalue weighted by Crippen LogP contribution is -2.48. The fourth-order valence-corrected chi connectivity index (χ4v) is 2.42. The Bertz CT molecular complexity index is 602. The predicted molar refractivity (Wildman–Crippen MR) is 75.6 cm³/mol. The highest BCUT2D eigenvalue weighted by Crippen LogP contribution is 2.23. The monoisotopic (exact) mass is 271 g/mol. The summed E-state index contributed by atoms with van der Waals surface area (Å²) in [5.41, 5.74) is 0.160. The van der Waals surface area contributed by atoms with Crippen LogP contribution in [0.2, 0.25) is 0 Å². The summed E-state index contributed by atoms with van der Waals surface area (Å²) in [6.07, 6.45) is 7.02. The van der Waals surface area contributed by atoms with Crippen molar-refractivity contribution in [2.45, 2.75) is 25.3 Å². The van der Waals surface area contributed by atoms with Crippen LogP contribution in [0.4, 0.5) is 5.69 Å². The van der Waals surface area contributed by atoms with Crippen LogP contribution in [0.3, 0.4) is 0 Å². The molecular formula is C14H17N5O. The number of hydrogen-bond acceptors (Lipinski definition) is 4. The lowest BCUT2D eigenvalue weighted by atomic mass is 9.99. The van der Waals surface area contributed by atoms with Gasteiger partial charge in [-0.15, -0.1) is 0 Å². The first-order valence-electron chi connectivity index (χ1n) is 6.71. The maximum Gasteiger partial charge on any atom is 0.244 e. The van der Waals surface area contributed by atoms with E-state index in [4.69, 9.17) is 0 Å². The molecule has 3 heterocycles. The number of anilines is 1. The molecule has 1 atom stereocenters. The van der Waals surface area contributed by atoms with E-state index in [0.29, 0.717) is 11.5 Å². The Labute approximate surface area is 117 Å². The molecule has 0 spiro atoms. The lowest BCUT2D eigenvalue weighted by Gasteiger charge is -2.23. The minimum Gasteiger partial charge on any atom is -0.321 e. The average molecular weight is 271 g/mol. The summed E-state index contributed by atoms with van der Waals surface area (Å²) >= 11 is 0. The van der Waals surface area contributed by atoms with Crippen LogP contribution < -0.4 is 10.6 Å². The normalized spacial score (nSPS) is 21.9. The molecule has 2 aromatic heterocycles. The summed E-state index contributed by atoms with van der Waals surface area (Å²) in [4.78, 5) is 16.7. The van der Waals surface area contributed by atoms with Crippen molar-refractivity contribution in [3.63, 3.8) is 0 Å². The Morgan fingerprint density at radius 1 is 1.45 bits per heavy atom. The van der Waals surface area contributed by atoms with Crippen LogP contribution >= 0.6 is 0 Å². The number of nitrogens with one attached hydrogen (secondary N) is 2. The van der Waals surface area contributed by atoms with Gasteiger partial charge in [-0.2, -0.15) is 5.10 Å². The van der Waals surface area contributed by atoms with Gasteiger partial charge in [0.15, 0.2) is 5.82 Å². The number of carbonyl (C=O) groups excluding carboxylic acids is 1. The Balaban J connectivity index is 1.86. The fourth-order valence-electron chi connectivity index (χ4n) is 2.42. The first-order chi connectivity index (χ1) is 9.69. The number of carbonyl (C=O) groups is 1. The summed E-state index contributed by atoms with van der Waals surface area (Å²) in [6.45, 7) is 2.81. The van der Waals surface area contributed by atoms with E-state index >= 15 is 0 Å². The van der Waals surface area contributed by atoms with Crippen molar-refractivity contribution in [2.24, 2.45) is 0 Å². The predicted octanol–water partition coefficient (Wildman–Crippen LogP) is 1.35. The Hall–Kier alpha value is -2.21. The zero-order valence-corrected chi connectivity index (χ0v) is 11.3. The van der Waals surface area contributed by atoms with Crippen molar-refractivity contribution in [1.29, 1.82) is 0 Å². The van der Waals surface area contributed by atoms with Gasteiger partial charge in [-0.1, -0.05) is 0 Å². The second-order valence-corrected chi connectivity index (χ2v) is 5.14. The molecule has 1 aliphatic heterocycles. The molecule has 1 amide bonds. The molecule has 1 aliphatic rings. The van der Waals surface area contributed by atoms with Crippen LogP contribution in [0.25, 0.3) is 5.82 Å².